The number of anilines is 1. The van der Waals surface area contributed by atoms with Gasteiger partial charge in [0.25, 0.3) is 0 Å². The molecule has 24 heavy (non-hydrogen) atoms. The minimum atomic E-state index is -4.61. The van der Waals surface area contributed by atoms with Crippen LogP contribution in [0.5, 0.6) is 17.2 Å². The van der Waals surface area contributed by atoms with Crippen LogP contribution in [0.2, 0.25) is 0 Å². The quantitative estimate of drug-likeness (QED) is 0.878. The highest BCUT2D eigenvalue weighted by Gasteiger charge is 2.31. The molecule has 0 saturated carbocycles. The summed E-state index contributed by atoms with van der Waals surface area (Å²) in [5, 5.41) is 0. The van der Waals surface area contributed by atoms with Gasteiger partial charge in [0.05, 0.1) is 24.6 Å². The summed E-state index contributed by atoms with van der Waals surface area (Å²) in [4.78, 5) is 0. The van der Waals surface area contributed by atoms with Crippen molar-refractivity contribution in [3.8, 4) is 17.2 Å². The van der Waals surface area contributed by atoms with Gasteiger partial charge in [0.2, 0.25) is 10.0 Å². The van der Waals surface area contributed by atoms with Crippen LogP contribution in [0.1, 0.15) is 5.56 Å². The number of rotatable bonds is 5. The Morgan fingerprint density at radius 2 is 1.71 bits per heavy atom. The van der Waals surface area contributed by atoms with E-state index in [1.54, 1.807) is 18.2 Å². The number of alkyl halides is 3. The van der Waals surface area contributed by atoms with Crippen LogP contribution < -0.4 is 14.2 Å². The Morgan fingerprint density at radius 3 is 2.29 bits per heavy atom. The Balaban J connectivity index is 2.44. The van der Waals surface area contributed by atoms with Gasteiger partial charge in [-0.25, -0.2) is 8.42 Å². The third-order valence-electron chi connectivity index (χ3n) is 2.87. The second-order valence-electron chi connectivity index (χ2n) is 4.86. The van der Waals surface area contributed by atoms with Gasteiger partial charge in [0.15, 0.2) is 5.75 Å². The lowest BCUT2D eigenvalue weighted by molar-refractivity contribution is -0.137. The average Bonchev–Trinajstić information content (AvgIpc) is 2.46. The second-order valence-corrected chi connectivity index (χ2v) is 6.61. The number of methoxy groups -OCH3 is 1. The van der Waals surface area contributed by atoms with E-state index in [1.165, 1.54) is 13.2 Å². The Kier molecular flexibility index (Phi) is 4.93. The first kappa shape index (κ1) is 17.9. The van der Waals surface area contributed by atoms with Crippen molar-refractivity contribution >= 4 is 15.7 Å². The minimum absolute atomic E-state index is 0.0679. The van der Waals surface area contributed by atoms with Gasteiger partial charge in [-0.1, -0.05) is 6.07 Å². The summed E-state index contributed by atoms with van der Waals surface area (Å²) in [6.07, 6.45) is -3.77. The van der Waals surface area contributed by atoms with E-state index in [0.29, 0.717) is 11.8 Å². The van der Waals surface area contributed by atoms with Crippen molar-refractivity contribution < 1.29 is 31.1 Å². The molecular weight excluding hydrogens is 347 g/mol. The van der Waals surface area contributed by atoms with Crippen LogP contribution >= 0.6 is 0 Å². The molecule has 2 aromatic rings. The summed E-state index contributed by atoms with van der Waals surface area (Å²) in [6.45, 7) is 0. The van der Waals surface area contributed by atoms with Gasteiger partial charge in [0, 0.05) is 6.07 Å². The van der Waals surface area contributed by atoms with Crippen molar-refractivity contribution in [2.75, 3.05) is 18.1 Å². The van der Waals surface area contributed by atoms with Crippen LogP contribution in [0, 0.1) is 0 Å². The average molecular weight is 361 g/mol. The molecule has 0 aliphatic carbocycles. The van der Waals surface area contributed by atoms with Crippen LogP contribution in [-0.2, 0) is 16.2 Å². The molecular formula is C15H14F3NO4S. The van der Waals surface area contributed by atoms with Gasteiger partial charge in [-0.2, -0.15) is 13.2 Å². The van der Waals surface area contributed by atoms with Crippen LogP contribution in [0.25, 0.3) is 0 Å². The highest BCUT2D eigenvalue weighted by Crippen LogP contribution is 2.37. The van der Waals surface area contributed by atoms with Gasteiger partial charge in [-0.05, 0) is 30.3 Å². The lowest BCUT2D eigenvalue weighted by Gasteiger charge is -2.15. The number of hydrogen-bond acceptors (Lipinski definition) is 4. The van der Waals surface area contributed by atoms with Crippen LogP contribution in [-0.4, -0.2) is 21.8 Å². The molecule has 0 aliphatic heterocycles. The third-order valence-corrected chi connectivity index (χ3v) is 3.46. The van der Waals surface area contributed by atoms with Crippen molar-refractivity contribution in [1.82, 2.24) is 0 Å². The summed E-state index contributed by atoms with van der Waals surface area (Å²) in [5.74, 6) is 0.698. The molecule has 0 amide bonds. The van der Waals surface area contributed by atoms with Crippen LogP contribution in [0.3, 0.4) is 0 Å². The van der Waals surface area contributed by atoms with Crippen LogP contribution in [0.15, 0.2) is 42.5 Å². The Labute approximate surface area is 137 Å². The summed E-state index contributed by atoms with van der Waals surface area (Å²) < 4.78 is 73.8. The Morgan fingerprint density at radius 1 is 1.04 bits per heavy atom. The molecule has 9 heteroatoms. The summed E-state index contributed by atoms with van der Waals surface area (Å²) in [6, 6.07) is 8.90. The second kappa shape index (κ2) is 6.60. The molecule has 130 valence electrons. The number of ether oxygens (including phenoxy) is 2. The highest BCUT2D eigenvalue weighted by molar-refractivity contribution is 7.92. The molecule has 0 aromatic heterocycles. The first-order valence-electron chi connectivity index (χ1n) is 6.59. The first-order chi connectivity index (χ1) is 11.1. The zero-order chi connectivity index (χ0) is 18.0. The molecule has 0 heterocycles. The van der Waals surface area contributed by atoms with E-state index in [4.69, 9.17) is 9.47 Å². The third kappa shape index (κ3) is 4.79. The zero-order valence-electron chi connectivity index (χ0n) is 12.7. The minimum Gasteiger partial charge on any atom is -0.497 e. The number of sulfonamides is 1. The fraction of sp³-hybridized carbons (Fsp3) is 0.200. The van der Waals surface area contributed by atoms with E-state index in [-0.39, 0.29) is 17.2 Å². The van der Waals surface area contributed by atoms with E-state index in [9.17, 15) is 21.6 Å². The molecule has 5 nitrogen and oxygen atoms in total. The number of benzene rings is 2. The number of nitrogens with one attached hydrogen (secondary N) is 1. The van der Waals surface area contributed by atoms with Gasteiger partial charge in [0.1, 0.15) is 11.5 Å². The fourth-order valence-corrected chi connectivity index (χ4v) is 2.43. The van der Waals surface area contributed by atoms with E-state index in [1.807, 2.05) is 4.72 Å². The lowest BCUT2D eigenvalue weighted by Crippen LogP contribution is -2.12. The molecule has 0 saturated heterocycles. The predicted octanol–water partition coefficient (Wildman–Crippen LogP) is 3.88. The summed E-state index contributed by atoms with van der Waals surface area (Å²) >= 11 is 0. The van der Waals surface area contributed by atoms with Crippen LogP contribution in [0.4, 0.5) is 18.9 Å². The maximum Gasteiger partial charge on any atom is 0.416 e. The molecule has 0 fully saturated rings. The molecule has 2 rings (SSSR count). The largest absolute Gasteiger partial charge is 0.497 e. The molecule has 0 atom stereocenters. The van der Waals surface area contributed by atoms with Crippen molar-refractivity contribution in [3.05, 3.63) is 48.0 Å². The van der Waals surface area contributed by atoms with Gasteiger partial charge < -0.3 is 9.47 Å². The predicted molar refractivity (Wildman–Crippen MR) is 83.0 cm³/mol. The molecule has 0 radical (unpaired) electrons. The van der Waals surface area contributed by atoms with Crippen molar-refractivity contribution in [2.24, 2.45) is 0 Å². The Bertz CT molecular complexity index is 835. The van der Waals surface area contributed by atoms with E-state index >= 15 is 0 Å². The van der Waals surface area contributed by atoms with Crippen molar-refractivity contribution in [2.45, 2.75) is 6.18 Å². The van der Waals surface area contributed by atoms with E-state index < -0.39 is 21.8 Å². The summed E-state index contributed by atoms with van der Waals surface area (Å²) in [7, 11) is -2.34. The molecule has 0 spiro atoms. The molecule has 1 N–H and O–H groups in total. The SMILES string of the molecule is COc1cccc(Oc2ccc(C(F)(F)F)cc2NS(C)(=O)=O)c1. The van der Waals surface area contributed by atoms with Crippen molar-refractivity contribution in [1.29, 1.82) is 0 Å². The molecule has 0 unspecified atom stereocenters. The van der Waals surface area contributed by atoms with Gasteiger partial charge in [-0.3, -0.25) is 4.72 Å². The first-order valence-corrected chi connectivity index (χ1v) is 8.48. The number of halogens is 3. The van der Waals surface area contributed by atoms with E-state index in [0.717, 1.165) is 18.4 Å². The smallest absolute Gasteiger partial charge is 0.416 e. The topological polar surface area (TPSA) is 64.6 Å². The normalized spacial score (nSPS) is 11.9. The van der Waals surface area contributed by atoms with Gasteiger partial charge in [-0.15, -0.1) is 0 Å². The highest BCUT2D eigenvalue weighted by atomic mass is 32.2. The monoisotopic (exact) mass is 361 g/mol. The summed E-state index contributed by atoms with van der Waals surface area (Å²) in [5.41, 5.74) is -1.30. The molecule has 0 aliphatic rings. The maximum atomic E-state index is 12.8. The fourth-order valence-electron chi connectivity index (χ4n) is 1.87. The lowest BCUT2D eigenvalue weighted by atomic mass is 10.2. The van der Waals surface area contributed by atoms with Crippen molar-refractivity contribution in [3.63, 3.8) is 0 Å². The number of hydrogen-bond donors (Lipinski definition) is 1. The standard InChI is InChI=1S/C15H14F3NO4S/c1-22-11-4-3-5-12(9-11)23-14-7-6-10(15(16,17)18)8-13(14)19-24(2,20)21/h3-9,19H,1-2H3. The zero-order valence-corrected chi connectivity index (χ0v) is 13.5. The van der Waals surface area contributed by atoms with E-state index in [2.05, 4.69) is 0 Å². The Hall–Kier alpha value is -2.42. The maximum absolute atomic E-state index is 12.8. The van der Waals surface area contributed by atoms with Gasteiger partial charge >= 0.3 is 6.18 Å². The molecule has 2 aromatic carbocycles. The molecule has 0 bridgehead atoms.